The van der Waals surface area contributed by atoms with Gasteiger partial charge in [0.05, 0.1) is 6.61 Å². The Kier molecular flexibility index (Phi) is 4.79. The van der Waals surface area contributed by atoms with Gasteiger partial charge in [-0.2, -0.15) is 0 Å². The first-order valence-electron chi connectivity index (χ1n) is 10.9. The highest BCUT2D eigenvalue weighted by Crippen LogP contribution is 2.44. The number of likely N-dealkylation sites (N-methyl/N-ethyl adjacent to an activating group) is 1. The molecule has 2 aromatic rings. The summed E-state index contributed by atoms with van der Waals surface area (Å²) in [5.41, 5.74) is 4.24. The van der Waals surface area contributed by atoms with E-state index >= 15 is 0 Å². The molecular weight excluding hydrogens is 350 g/mol. The molecule has 2 aliphatic heterocycles. The molecule has 1 aliphatic carbocycles. The monoisotopic (exact) mass is 381 g/mol. The third kappa shape index (κ3) is 3.20. The molecule has 3 heterocycles. The molecule has 28 heavy (non-hydrogen) atoms. The van der Waals surface area contributed by atoms with Crippen molar-refractivity contribution in [2.45, 2.75) is 50.5 Å². The highest BCUT2D eigenvalue weighted by Gasteiger charge is 2.39. The maximum absolute atomic E-state index is 12.3. The molecule has 150 valence electrons. The van der Waals surface area contributed by atoms with E-state index in [4.69, 9.17) is 4.74 Å². The van der Waals surface area contributed by atoms with Crippen molar-refractivity contribution in [1.82, 2.24) is 14.8 Å². The number of benzene rings is 1. The minimum atomic E-state index is -0.110. The number of likely N-dealkylation sites (tertiary alicyclic amines) is 2. The van der Waals surface area contributed by atoms with Crippen molar-refractivity contribution >= 4 is 17.0 Å². The molecule has 3 aliphatic rings. The van der Waals surface area contributed by atoms with Crippen LogP contribution in [0.1, 0.15) is 49.1 Å². The first-order chi connectivity index (χ1) is 13.7. The Labute approximate surface area is 167 Å². The SMILES string of the molecule is CN1C[C@H](CCOC(=O)N2CCCCC2)CC2c3cccc4[nH]cc(c34)C[C@H]21. The van der Waals surface area contributed by atoms with Crippen LogP contribution in [-0.4, -0.2) is 60.2 Å². The molecule has 0 radical (unpaired) electrons. The number of hydrogen-bond donors (Lipinski definition) is 1. The van der Waals surface area contributed by atoms with Crippen molar-refractivity contribution in [3.63, 3.8) is 0 Å². The Hall–Kier alpha value is -2.01. The first kappa shape index (κ1) is 18.0. The highest BCUT2D eigenvalue weighted by molar-refractivity contribution is 5.88. The predicted molar refractivity (Wildman–Crippen MR) is 111 cm³/mol. The highest BCUT2D eigenvalue weighted by atomic mass is 16.6. The van der Waals surface area contributed by atoms with Crippen LogP contribution in [0.4, 0.5) is 4.79 Å². The molecule has 5 rings (SSSR count). The standard InChI is InChI=1S/C23H31N3O2/c1-25-15-16(8-11-28-23(27)26-9-3-2-4-10-26)12-19-18-6-5-7-20-22(18)17(14-24-20)13-21(19)25/h5-7,14,16,19,21,24H,2-4,8-13,15H2,1H3/t16-,19?,21-/m1/s1. The molecule has 1 N–H and O–H groups in total. The van der Waals surface area contributed by atoms with Crippen LogP contribution in [0.3, 0.4) is 0 Å². The largest absolute Gasteiger partial charge is 0.449 e. The van der Waals surface area contributed by atoms with E-state index in [0.717, 1.165) is 45.3 Å². The van der Waals surface area contributed by atoms with E-state index in [9.17, 15) is 4.79 Å². The number of amides is 1. The average molecular weight is 382 g/mol. The number of nitrogens with zero attached hydrogens (tertiary/aromatic N) is 2. The lowest BCUT2D eigenvalue weighted by Crippen LogP contribution is -2.48. The third-order valence-electron chi connectivity index (χ3n) is 7.18. The van der Waals surface area contributed by atoms with Gasteiger partial charge in [0.15, 0.2) is 0 Å². The number of carbonyl (C=O) groups is 1. The number of piperidine rings is 2. The van der Waals surface area contributed by atoms with Gasteiger partial charge in [-0.05, 0) is 68.7 Å². The van der Waals surface area contributed by atoms with Gasteiger partial charge in [0, 0.05) is 48.7 Å². The van der Waals surface area contributed by atoms with E-state index in [1.54, 1.807) is 0 Å². The summed E-state index contributed by atoms with van der Waals surface area (Å²) in [6, 6.07) is 7.28. The Morgan fingerprint density at radius 3 is 2.96 bits per heavy atom. The number of hydrogen-bond acceptors (Lipinski definition) is 3. The van der Waals surface area contributed by atoms with E-state index in [1.165, 1.54) is 34.9 Å². The van der Waals surface area contributed by atoms with Gasteiger partial charge < -0.3 is 19.5 Å². The molecule has 1 aromatic carbocycles. The molecule has 5 heteroatoms. The van der Waals surface area contributed by atoms with Gasteiger partial charge in [-0.15, -0.1) is 0 Å². The quantitative estimate of drug-likeness (QED) is 0.869. The molecule has 2 saturated heterocycles. The first-order valence-corrected chi connectivity index (χ1v) is 10.9. The van der Waals surface area contributed by atoms with Crippen LogP contribution in [0, 0.1) is 5.92 Å². The van der Waals surface area contributed by atoms with Crippen LogP contribution in [0.2, 0.25) is 0 Å². The molecule has 1 amide bonds. The molecule has 2 fully saturated rings. The Morgan fingerprint density at radius 2 is 2.11 bits per heavy atom. The summed E-state index contributed by atoms with van der Waals surface area (Å²) in [6.07, 6.45) is 8.83. The lowest BCUT2D eigenvalue weighted by Gasteiger charge is -2.45. The predicted octanol–water partition coefficient (Wildman–Crippen LogP) is 4.14. The molecule has 0 bridgehead atoms. The summed E-state index contributed by atoms with van der Waals surface area (Å²) in [5.74, 6) is 1.16. The second-order valence-corrected chi connectivity index (χ2v) is 8.95. The van der Waals surface area contributed by atoms with Crippen LogP contribution in [-0.2, 0) is 11.2 Å². The van der Waals surface area contributed by atoms with Crippen LogP contribution in [0.25, 0.3) is 10.9 Å². The van der Waals surface area contributed by atoms with Gasteiger partial charge in [0.25, 0.3) is 0 Å². The third-order valence-corrected chi connectivity index (χ3v) is 7.18. The second-order valence-electron chi connectivity index (χ2n) is 8.95. The normalized spacial score (nSPS) is 27.6. The summed E-state index contributed by atoms with van der Waals surface area (Å²) >= 11 is 0. The summed E-state index contributed by atoms with van der Waals surface area (Å²) in [7, 11) is 2.27. The summed E-state index contributed by atoms with van der Waals surface area (Å²) in [5, 5.41) is 1.45. The molecule has 5 nitrogen and oxygen atoms in total. The van der Waals surface area contributed by atoms with E-state index in [2.05, 4.69) is 41.3 Å². The van der Waals surface area contributed by atoms with Gasteiger partial charge >= 0.3 is 6.09 Å². The van der Waals surface area contributed by atoms with E-state index in [1.807, 2.05) is 4.90 Å². The Morgan fingerprint density at radius 1 is 1.25 bits per heavy atom. The number of nitrogens with one attached hydrogen (secondary N) is 1. The zero-order valence-electron chi connectivity index (χ0n) is 16.8. The number of aromatic amines is 1. The van der Waals surface area contributed by atoms with Gasteiger partial charge in [0.1, 0.15) is 0 Å². The van der Waals surface area contributed by atoms with Gasteiger partial charge in [-0.25, -0.2) is 4.79 Å². The van der Waals surface area contributed by atoms with Crippen molar-refractivity contribution in [3.05, 3.63) is 35.5 Å². The number of H-pyrrole nitrogens is 1. The van der Waals surface area contributed by atoms with Crippen molar-refractivity contribution in [3.8, 4) is 0 Å². The van der Waals surface area contributed by atoms with E-state index < -0.39 is 0 Å². The minimum Gasteiger partial charge on any atom is -0.449 e. The summed E-state index contributed by atoms with van der Waals surface area (Å²) < 4.78 is 5.62. The Bertz CT molecular complexity index is 855. The van der Waals surface area contributed by atoms with Crippen LogP contribution in [0.5, 0.6) is 0 Å². The van der Waals surface area contributed by atoms with Gasteiger partial charge in [-0.3, -0.25) is 0 Å². The maximum atomic E-state index is 12.3. The molecule has 3 atom stereocenters. The van der Waals surface area contributed by atoms with Crippen LogP contribution >= 0.6 is 0 Å². The molecular formula is C23H31N3O2. The van der Waals surface area contributed by atoms with Crippen LogP contribution in [0.15, 0.2) is 24.4 Å². The fraction of sp³-hybridized carbons (Fsp3) is 0.609. The van der Waals surface area contributed by atoms with Crippen molar-refractivity contribution in [1.29, 1.82) is 0 Å². The number of ether oxygens (including phenoxy) is 1. The minimum absolute atomic E-state index is 0.110. The molecule has 1 aromatic heterocycles. The average Bonchev–Trinajstić information content (AvgIpc) is 3.14. The van der Waals surface area contributed by atoms with Crippen molar-refractivity contribution < 1.29 is 9.53 Å². The number of carbonyl (C=O) groups excluding carboxylic acids is 1. The molecule has 0 spiro atoms. The van der Waals surface area contributed by atoms with Crippen LogP contribution < -0.4 is 0 Å². The fourth-order valence-corrected chi connectivity index (χ4v) is 5.74. The zero-order valence-corrected chi connectivity index (χ0v) is 16.8. The molecule has 0 saturated carbocycles. The number of fused-ring (bicyclic) bond motifs is 2. The second kappa shape index (κ2) is 7.43. The summed E-state index contributed by atoms with van der Waals surface area (Å²) in [4.78, 5) is 20.1. The fourth-order valence-electron chi connectivity index (χ4n) is 5.74. The van der Waals surface area contributed by atoms with Gasteiger partial charge in [-0.1, -0.05) is 12.1 Å². The van der Waals surface area contributed by atoms with E-state index in [-0.39, 0.29) is 6.09 Å². The topological polar surface area (TPSA) is 48.6 Å². The molecule has 1 unspecified atom stereocenters. The Balaban J connectivity index is 1.24. The lowest BCUT2D eigenvalue weighted by molar-refractivity contribution is 0.0700. The van der Waals surface area contributed by atoms with Crippen molar-refractivity contribution in [2.75, 3.05) is 33.3 Å². The number of rotatable bonds is 3. The smallest absolute Gasteiger partial charge is 0.409 e. The van der Waals surface area contributed by atoms with Gasteiger partial charge in [0.2, 0.25) is 0 Å². The number of aromatic nitrogens is 1. The van der Waals surface area contributed by atoms with E-state index in [0.29, 0.717) is 24.5 Å². The zero-order chi connectivity index (χ0) is 19.1. The maximum Gasteiger partial charge on any atom is 0.409 e. The summed E-state index contributed by atoms with van der Waals surface area (Å²) in [6.45, 7) is 3.36. The van der Waals surface area contributed by atoms with Crippen molar-refractivity contribution in [2.24, 2.45) is 5.92 Å². The lowest BCUT2D eigenvalue weighted by atomic mass is 9.72.